The lowest BCUT2D eigenvalue weighted by molar-refractivity contribution is -0.172. The Bertz CT molecular complexity index is 607. The van der Waals surface area contributed by atoms with Crippen molar-refractivity contribution in [3.63, 3.8) is 0 Å². The number of rotatable bonds is 6. The molecule has 2 aliphatic carbocycles. The van der Waals surface area contributed by atoms with Crippen LogP contribution in [0.3, 0.4) is 0 Å². The molecule has 152 valence electrons. The molecule has 2 rings (SSSR count). The second kappa shape index (κ2) is 8.03. The molecule has 2 bridgehead atoms. The Kier molecular flexibility index (Phi) is 6.38. The molecular weight excluding hydrogens is 348 g/mol. The van der Waals surface area contributed by atoms with Gasteiger partial charge in [-0.3, -0.25) is 9.59 Å². The van der Waals surface area contributed by atoms with Crippen LogP contribution in [0.5, 0.6) is 0 Å². The molecule has 6 nitrogen and oxygen atoms in total. The van der Waals surface area contributed by atoms with Crippen molar-refractivity contribution in [3.8, 4) is 0 Å². The average Bonchev–Trinajstić information content (AvgIpc) is 3.12. The smallest absolute Gasteiger partial charge is 0.344 e. The van der Waals surface area contributed by atoms with Gasteiger partial charge in [0, 0.05) is 5.92 Å². The number of allylic oxidation sites excluding steroid dienone is 2. The minimum atomic E-state index is -0.689. The van der Waals surface area contributed by atoms with Gasteiger partial charge in [0.25, 0.3) is 0 Å². The topological polar surface area (TPSA) is 78.9 Å². The van der Waals surface area contributed by atoms with Gasteiger partial charge in [-0.1, -0.05) is 12.2 Å². The lowest BCUT2D eigenvalue weighted by atomic mass is 9.87. The third-order valence-corrected chi connectivity index (χ3v) is 4.81. The zero-order valence-electron chi connectivity index (χ0n) is 17.2. The average molecular weight is 380 g/mol. The number of ether oxygens (including phenoxy) is 3. The summed E-state index contributed by atoms with van der Waals surface area (Å²) in [4.78, 5) is 36.4. The maximum atomic E-state index is 12.3. The second-order valence-electron chi connectivity index (χ2n) is 9.59. The van der Waals surface area contributed by atoms with Gasteiger partial charge in [-0.2, -0.15) is 0 Å². The van der Waals surface area contributed by atoms with Crippen LogP contribution in [0.1, 0.15) is 60.8 Å². The predicted octanol–water partition coefficient (Wildman–Crippen LogP) is 3.43. The van der Waals surface area contributed by atoms with Crippen molar-refractivity contribution in [2.24, 2.45) is 23.2 Å². The van der Waals surface area contributed by atoms with E-state index in [0.717, 1.165) is 12.8 Å². The van der Waals surface area contributed by atoms with Crippen LogP contribution in [0.4, 0.5) is 0 Å². The summed E-state index contributed by atoms with van der Waals surface area (Å²) in [6.45, 7) is 10.1. The van der Waals surface area contributed by atoms with Crippen molar-refractivity contribution in [3.05, 3.63) is 12.2 Å². The molecular formula is C21H32O6. The molecule has 0 saturated heterocycles. The van der Waals surface area contributed by atoms with Gasteiger partial charge in [0.2, 0.25) is 0 Å². The molecule has 4 unspecified atom stereocenters. The highest BCUT2D eigenvalue weighted by Crippen LogP contribution is 2.46. The third kappa shape index (κ3) is 6.36. The largest absolute Gasteiger partial charge is 0.460 e. The summed E-state index contributed by atoms with van der Waals surface area (Å²) < 4.78 is 16.0. The van der Waals surface area contributed by atoms with Gasteiger partial charge in [-0.25, -0.2) is 4.79 Å². The zero-order chi connectivity index (χ0) is 20.4. The Morgan fingerprint density at radius 1 is 1.00 bits per heavy atom. The molecule has 0 amide bonds. The summed E-state index contributed by atoms with van der Waals surface area (Å²) >= 11 is 0. The van der Waals surface area contributed by atoms with E-state index in [-0.39, 0.29) is 12.3 Å². The third-order valence-electron chi connectivity index (χ3n) is 4.81. The highest BCUT2D eigenvalue weighted by atomic mass is 16.6. The van der Waals surface area contributed by atoms with E-state index in [4.69, 9.17) is 14.2 Å². The first kappa shape index (κ1) is 21.5. The van der Waals surface area contributed by atoms with Crippen LogP contribution in [-0.4, -0.2) is 36.2 Å². The monoisotopic (exact) mass is 380 g/mol. The Balaban J connectivity index is 1.97. The van der Waals surface area contributed by atoms with Crippen molar-refractivity contribution in [2.75, 3.05) is 6.61 Å². The van der Waals surface area contributed by atoms with Crippen molar-refractivity contribution in [1.82, 2.24) is 0 Å². The van der Waals surface area contributed by atoms with Crippen molar-refractivity contribution in [2.45, 2.75) is 72.5 Å². The fraction of sp³-hybridized carbons (Fsp3) is 0.762. The highest BCUT2D eigenvalue weighted by molar-refractivity contribution is 5.79. The summed E-state index contributed by atoms with van der Waals surface area (Å²) in [5, 5.41) is 0. The van der Waals surface area contributed by atoms with Crippen LogP contribution in [0.15, 0.2) is 12.2 Å². The van der Waals surface area contributed by atoms with Gasteiger partial charge in [-0.15, -0.1) is 0 Å². The van der Waals surface area contributed by atoms with E-state index in [0.29, 0.717) is 11.8 Å². The lowest BCUT2D eigenvalue weighted by Crippen LogP contribution is -2.36. The number of carbonyl (C=O) groups excluding carboxylic acids is 3. The molecule has 27 heavy (non-hydrogen) atoms. The van der Waals surface area contributed by atoms with E-state index >= 15 is 0 Å². The molecule has 1 saturated carbocycles. The predicted molar refractivity (Wildman–Crippen MR) is 99.6 cm³/mol. The maximum Gasteiger partial charge on any atom is 0.344 e. The van der Waals surface area contributed by atoms with Crippen LogP contribution in [-0.2, 0) is 28.6 Å². The van der Waals surface area contributed by atoms with E-state index < -0.39 is 41.6 Å². The van der Waals surface area contributed by atoms with Gasteiger partial charge < -0.3 is 14.2 Å². The SMILES string of the molecule is CC(C)(C)OC(=O)CC(OC(=O)COC(=O)C(C)(C)C)C1CC2C=CC1C2. The van der Waals surface area contributed by atoms with Crippen LogP contribution >= 0.6 is 0 Å². The summed E-state index contributed by atoms with van der Waals surface area (Å²) in [7, 11) is 0. The van der Waals surface area contributed by atoms with Crippen molar-refractivity contribution < 1.29 is 28.6 Å². The van der Waals surface area contributed by atoms with Crippen molar-refractivity contribution >= 4 is 17.9 Å². The van der Waals surface area contributed by atoms with Crippen LogP contribution in [0.2, 0.25) is 0 Å². The molecule has 2 aliphatic rings. The lowest BCUT2D eigenvalue weighted by Gasteiger charge is -2.29. The highest BCUT2D eigenvalue weighted by Gasteiger charge is 2.43. The second-order valence-corrected chi connectivity index (χ2v) is 9.59. The summed E-state index contributed by atoms with van der Waals surface area (Å²) in [5.74, 6) is -0.599. The molecule has 1 fully saturated rings. The van der Waals surface area contributed by atoms with Crippen LogP contribution in [0.25, 0.3) is 0 Å². The molecule has 0 spiro atoms. The summed E-state index contributed by atoms with van der Waals surface area (Å²) in [6.07, 6.45) is 5.71. The molecule has 6 heteroatoms. The summed E-state index contributed by atoms with van der Waals surface area (Å²) in [6, 6.07) is 0. The van der Waals surface area contributed by atoms with E-state index in [2.05, 4.69) is 12.2 Å². The van der Waals surface area contributed by atoms with Gasteiger partial charge in [0.15, 0.2) is 6.61 Å². The molecule has 0 heterocycles. The van der Waals surface area contributed by atoms with Gasteiger partial charge in [0.05, 0.1) is 11.8 Å². The van der Waals surface area contributed by atoms with E-state index in [9.17, 15) is 14.4 Å². The van der Waals surface area contributed by atoms with Crippen molar-refractivity contribution in [1.29, 1.82) is 0 Å². The Morgan fingerprint density at radius 3 is 2.15 bits per heavy atom. The van der Waals surface area contributed by atoms with Gasteiger partial charge in [-0.05, 0) is 66.2 Å². The molecule has 0 radical (unpaired) electrons. The maximum absolute atomic E-state index is 12.3. The fourth-order valence-corrected chi connectivity index (χ4v) is 3.62. The first-order valence-corrected chi connectivity index (χ1v) is 9.62. The quantitative estimate of drug-likeness (QED) is 0.399. The van der Waals surface area contributed by atoms with E-state index in [1.54, 1.807) is 41.5 Å². The first-order valence-electron chi connectivity index (χ1n) is 9.62. The standard InChI is InChI=1S/C21H32O6/c1-20(2,3)19(24)25-12-18(23)26-16(11-17(22)27-21(4,5)6)15-10-13-7-8-14(15)9-13/h7-8,13-16H,9-12H2,1-6H3. The minimum absolute atomic E-state index is 0.0119. The number of hydrogen-bond acceptors (Lipinski definition) is 6. The number of fused-ring (bicyclic) bond motifs is 2. The Labute approximate surface area is 161 Å². The van der Waals surface area contributed by atoms with Crippen LogP contribution in [0, 0.1) is 23.2 Å². The van der Waals surface area contributed by atoms with E-state index in [1.165, 1.54) is 0 Å². The molecule has 0 aromatic rings. The molecule has 0 aromatic carbocycles. The number of esters is 3. The van der Waals surface area contributed by atoms with E-state index in [1.807, 2.05) is 0 Å². The Hall–Kier alpha value is -1.85. The zero-order valence-corrected chi connectivity index (χ0v) is 17.2. The van der Waals surface area contributed by atoms with Gasteiger partial charge >= 0.3 is 17.9 Å². The first-order chi connectivity index (χ1) is 12.3. The minimum Gasteiger partial charge on any atom is -0.460 e. The molecule has 0 aliphatic heterocycles. The normalized spacial score (nSPS) is 25.2. The van der Waals surface area contributed by atoms with Crippen LogP contribution < -0.4 is 0 Å². The molecule has 0 aromatic heterocycles. The Morgan fingerprint density at radius 2 is 1.67 bits per heavy atom. The fourth-order valence-electron chi connectivity index (χ4n) is 3.62. The van der Waals surface area contributed by atoms with Gasteiger partial charge in [0.1, 0.15) is 11.7 Å². The summed E-state index contributed by atoms with van der Waals surface area (Å²) in [5.41, 5.74) is -1.28. The molecule has 0 N–H and O–H groups in total. The molecule has 4 atom stereocenters. The number of hydrogen-bond donors (Lipinski definition) is 0. The number of carbonyl (C=O) groups is 3.